The number of benzene rings is 2. The highest BCUT2D eigenvalue weighted by Crippen LogP contribution is 2.20. The molecule has 0 radical (unpaired) electrons. The van der Waals surface area contributed by atoms with Crippen LogP contribution in [0.25, 0.3) is 0 Å². The molecule has 0 heterocycles. The number of hydrogen-bond acceptors (Lipinski definition) is 2. The van der Waals surface area contributed by atoms with E-state index in [2.05, 4.69) is 5.32 Å². The molecule has 1 amide bonds. The number of carbonyl (C=O) groups is 1. The average Bonchev–Trinajstić information content (AvgIpc) is 2.42. The standard InChI is InChI=1S/C16H17NO2/c1-11-14(9-6-10-15(11)18)16(19)17-12(2)13-7-4-3-5-8-13/h3-10,12,18H,1-2H3,(H,17,19). The first-order valence-corrected chi connectivity index (χ1v) is 6.24. The Hall–Kier alpha value is -2.29. The van der Waals surface area contributed by atoms with Gasteiger partial charge in [0.2, 0.25) is 0 Å². The van der Waals surface area contributed by atoms with Crippen LogP contribution < -0.4 is 5.32 Å². The van der Waals surface area contributed by atoms with E-state index in [1.54, 1.807) is 25.1 Å². The summed E-state index contributed by atoms with van der Waals surface area (Å²) in [6.07, 6.45) is 0. The molecule has 0 spiro atoms. The minimum absolute atomic E-state index is 0.0737. The molecule has 2 N–H and O–H groups in total. The maximum absolute atomic E-state index is 12.2. The van der Waals surface area contributed by atoms with Crippen molar-refractivity contribution >= 4 is 5.91 Å². The van der Waals surface area contributed by atoms with Gasteiger partial charge in [0, 0.05) is 11.1 Å². The average molecular weight is 255 g/mol. The molecule has 1 atom stereocenters. The van der Waals surface area contributed by atoms with Crippen molar-refractivity contribution in [3.05, 3.63) is 65.2 Å². The van der Waals surface area contributed by atoms with Crippen molar-refractivity contribution in [1.29, 1.82) is 0 Å². The van der Waals surface area contributed by atoms with E-state index in [-0.39, 0.29) is 17.7 Å². The Morgan fingerprint density at radius 3 is 2.47 bits per heavy atom. The van der Waals surface area contributed by atoms with Crippen LogP contribution in [0, 0.1) is 6.92 Å². The van der Waals surface area contributed by atoms with E-state index in [1.807, 2.05) is 37.3 Å². The molecule has 0 fully saturated rings. The Kier molecular flexibility index (Phi) is 3.85. The van der Waals surface area contributed by atoms with Crippen LogP contribution in [0.4, 0.5) is 0 Å². The van der Waals surface area contributed by atoms with Crippen molar-refractivity contribution in [2.75, 3.05) is 0 Å². The molecular formula is C16H17NO2. The van der Waals surface area contributed by atoms with Gasteiger partial charge in [0.1, 0.15) is 5.75 Å². The van der Waals surface area contributed by atoms with Gasteiger partial charge in [-0.1, -0.05) is 36.4 Å². The van der Waals surface area contributed by atoms with Crippen LogP contribution in [0.3, 0.4) is 0 Å². The Balaban J connectivity index is 2.16. The summed E-state index contributed by atoms with van der Waals surface area (Å²) in [4.78, 5) is 12.2. The number of hydrogen-bond donors (Lipinski definition) is 2. The fourth-order valence-electron chi connectivity index (χ4n) is 1.97. The monoisotopic (exact) mass is 255 g/mol. The third-order valence-electron chi connectivity index (χ3n) is 3.20. The summed E-state index contributed by atoms with van der Waals surface area (Å²) in [7, 11) is 0. The highest BCUT2D eigenvalue weighted by atomic mass is 16.3. The quantitative estimate of drug-likeness (QED) is 0.885. The zero-order valence-electron chi connectivity index (χ0n) is 11.1. The second-order valence-electron chi connectivity index (χ2n) is 4.56. The van der Waals surface area contributed by atoms with Crippen molar-refractivity contribution in [3.63, 3.8) is 0 Å². The summed E-state index contributed by atoms with van der Waals surface area (Å²) in [5.74, 6) is -0.0373. The molecule has 0 saturated carbocycles. The van der Waals surface area contributed by atoms with Gasteiger partial charge in [0.05, 0.1) is 6.04 Å². The number of phenols is 1. The van der Waals surface area contributed by atoms with E-state index in [0.29, 0.717) is 11.1 Å². The summed E-state index contributed by atoms with van der Waals surface area (Å²) in [5.41, 5.74) is 2.15. The molecule has 0 saturated heterocycles. The maximum Gasteiger partial charge on any atom is 0.252 e. The van der Waals surface area contributed by atoms with E-state index in [9.17, 15) is 9.90 Å². The summed E-state index contributed by atoms with van der Waals surface area (Å²) >= 11 is 0. The number of amides is 1. The van der Waals surface area contributed by atoms with E-state index in [4.69, 9.17) is 0 Å². The van der Waals surface area contributed by atoms with Crippen LogP contribution in [-0.4, -0.2) is 11.0 Å². The van der Waals surface area contributed by atoms with Crippen molar-refractivity contribution < 1.29 is 9.90 Å². The minimum Gasteiger partial charge on any atom is -0.508 e. The molecule has 19 heavy (non-hydrogen) atoms. The number of nitrogens with one attached hydrogen (secondary N) is 1. The van der Waals surface area contributed by atoms with Crippen LogP contribution in [-0.2, 0) is 0 Å². The number of rotatable bonds is 3. The normalized spacial score (nSPS) is 11.9. The van der Waals surface area contributed by atoms with Crippen LogP contribution in [0.5, 0.6) is 5.75 Å². The Morgan fingerprint density at radius 2 is 1.79 bits per heavy atom. The topological polar surface area (TPSA) is 49.3 Å². The van der Waals surface area contributed by atoms with Gasteiger partial charge in [-0.15, -0.1) is 0 Å². The van der Waals surface area contributed by atoms with Gasteiger partial charge in [-0.2, -0.15) is 0 Å². The lowest BCUT2D eigenvalue weighted by Gasteiger charge is -2.15. The Morgan fingerprint density at radius 1 is 1.11 bits per heavy atom. The molecule has 1 unspecified atom stereocenters. The molecule has 0 aliphatic carbocycles. The lowest BCUT2D eigenvalue weighted by Crippen LogP contribution is -2.27. The van der Waals surface area contributed by atoms with Gasteiger partial charge in [0.25, 0.3) is 5.91 Å². The number of carbonyl (C=O) groups excluding carboxylic acids is 1. The first kappa shape index (κ1) is 13.1. The van der Waals surface area contributed by atoms with Crippen LogP contribution in [0.1, 0.15) is 34.5 Å². The molecule has 98 valence electrons. The fourth-order valence-corrected chi connectivity index (χ4v) is 1.97. The fraction of sp³-hybridized carbons (Fsp3) is 0.188. The molecule has 2 aromatic carbocycles. The van der Waals surface area contributed by atoms with E-state index < -0.39 is 0 Å². The second kappa shape index (κ2) is 5.57. The van der Waals surface area contributed by atoms with Gasteiger partial charge in [-0.05, 0) is 31.5 Å². The molecule has 0 aliphatic heterocycles. The SMILES string of the molecule is Cc1c(O)cccc1C(=O)NC(C)c1ccccc1. The number of phenolic OH excluding ortho intramolecular Hbond substituents is 1. The molecular weight excluding hydrogens is 238 g/mol. The first-order valence-electron chi connectivity index (χ1n) is 6.24. The molecule has 0 aromatic heterocycles. The van der Waals surface area contributed by atoms with Crippen molar-refractivity contribution in [2.45, 2.75) is 19.9 Å². The van der Waals surface area contributed by atoms with Crippen molar-refractivity contribution in [1.82, 2.24) is 5.32 Å². The summed E-state index contributed by atoms with van der Waals surface area (Å²) in [5, 5.41) is 12.6. The first-order chi connectivity index (χ1) is 9.09. The molecule has 2 aromatic rings. The minimum atomic E-state index is -0.176. The van der Waals surface area contributed by atoms with Gasteiger partial charge in [0.15, 0.2) is 0 Å². The zero-order chi connectivity index (χ0) is 13.8. The van der Waals surface area contributed by atoms with Gasteiger partial charge in [-0.25, -0.2) is 0 Å². The smallest absolute Gasteiger partial charge is 0.252 e. The third-order valence-corrected chi connectivity index (χ3v) is 3.20. The summed E-state index contributed by atoms with van der Waals surface area (Å²) < 4.78 is 0. The second-order valence-corrected chi connectivity index (χ2v) is 4.56. The van der Waals surface area contributed by atoms with Crippen LogP contribution in [0.15, 0.2) is 48.5 Å². The predicted molar refractivity (Wildman–Crippen MR) is 75.2 cm³/mol. The lowest BCUT2D eigenvalue weighted by molar-refractivity contribution is 0.0939. The van der Waals surface area contributed by atoms with Gasteiger partial charge in [-0.3, -0.25) is 4.79 Å². The van der Waals surface area contributed by atoms with Gasteiger partial charge < -0.3 is 10.4 Å². The van der Waals surface area contributed by atoms with Crippen LogP contribution >= 0.6 is 0 Å². The molecule has 2 rings (SSSR count). The van der Waals surface area contributed by atoms with E-state index >= 15 is 0 Å². The lowest BCUT2D eigenvalue weighted by atomic mass is 10.1. The van der Waals surface area contributed by atoms with E-state index in [1.165, 1.54) is 0 Å². The molecule has 3 nitrogen and oxygen atoms in total. The zero-order valence-corrected chi connectivity index (χ0v) is 11.1. The van der Waals surface area contributed by atoms with Crippen molar-refractivity contribution in [3.8, 4) is 5.75 Å². The van der Waals surface area contributed by atoms with Gasteiger partial charge >= 0.3 is 0 Å². The van der Waals surface area contributed by atoms with Crippen LogP contribution in [0.2, 0.25) is 0 Å². The molecule has 0 bridgehead atoms. The van der Waals surface area contributed by atoms with Crippen molar-refractivity contribution in [2.24, 2.45) is 0 Å². The van der Waals surface area contributed by atoms with E-state index in [0.717, 1.165) is 5.56 Å². The summed E-state index contributed by atoms with van der Waals surface area (Å²) in [6, 6.07) is 14.7. The largest absolute Gasteiger partial charge is 0.508 e. The Labute approximate surface area is 112 Å². The predicted octanol–water partition coefficient (Wildman–Crippen LogP) is 3.19. The Bertz CT molecular complexity index is 579. The third kappa shape index (κ3) is 2.94. The molecule has 3 heteroatoms. The number of aromatic hydroxyl groups is 1. The maximum atomic E-state index is 12.2. The highest BCUT2D eigenvalue weighted by molar-refractivity contribution is 5.96. The highest BCUT2D eigenvalue weighted by Gasteiger charge is 2.14. The summed E-state index contributed by atoms with van der Waals surface area (Å²) in [6.45, 7) is 3.67. The molecule has 0 aliphatic rings.